The van der Waals surface area contributed by atoms with Gasteiger partial charge in [-0.2, -0.15) is 0 Å². The van der Waals surface area contributed by atoms with Gasteiger partial charge in [-0.05, 0) is 19.9 Å². The first-order chi connectivity index (χ1) is 13.3. The van der Waals surface area contributed by atoms with Crippen LogP contribution in [0.2, 0.25) is 0 Å². The van der Waals surface area contributed by atoms with Crippen molar-refractivity contribution < 1.29 is 18.9 Å². The summed E-state index contributed by atoms with van der Waals surface area (Å²) in [6.07, 6.45) is 3.05. The third kappa shape index (κ3) is 7.04. The molecule has 7 nitrogen and oxygen atoms in total. The zero-order valence-corrected chi connectivity index (χ0v) is 17.4. The van der Waals surface area contributed by atoms with E-state index in [1.165, 1.54) is 0 Å². The molecule has 0 amide bonds. The molecule has 0 spiro atoms. The Morgan fingerprint density at radius 3 is 2.79 bits per heavy atom. The molecule has 28 heavy (non-hydrogen) atoms. The van der Waals surface area contributed by atoms with E-state index in [1.807, 2.05) is 19.9 Å². The molecule has 2 rings (SSSR count). The van der Waals surface area contributed by atoms with E-state index in [9.17, 15) is 0 Å². The van der Waals surface area contributed by atoms with E-state index >= 15 is 0 Å². The number of ether oxygens (including phenoxy) is 4. The van der Waals surface area contributed by atoms with Crippen LogP contribution >= 0.6 is 0 Å². The maximum absolute atomic E-state index is 6.22. The molecular formula is C21H31N3O4. The van der Waals surface area contributed by atoms with E-state index in [-0.39, 0.29) is 17.8 Å². The van der Waals surface area contributed by atoms with Crippen LogP contribution in [0.5, 0.6) is 5.75 Å². The van der Waals surface area contributed by atoms with E-state index < -0.39 is 0 Å². The van der Waals surface area contributed by atoms with Crippen LogP contribution in [0.15, 0.2) is 18.5 Å². The van der Waals surface area contributed by atoms with Gasteiger partial charge in [0.1, 0.15) is 18.1 Å². The number of aromatic nitrogens is 1. The molecule has 0 atom stereocenters. The minimum Gasteiger partial charge on any atom is -0.489 e. The zero-order chi connectivity index (χ0) is 20.6. The third-order valence-electron chi connectivity index (χ3n) is 3.80. The smallest absolute Gasteiger partial charge is 0.174 e. The lowest BCUT2D eigenvalue weighted by molar-refractivity contribution is -0.217. The highest BCUT2D eigenvalue weighted by Crippen LogP contribution is 2.24. The second-order valence-corrected chi connectivity index (χ2v) is 7.70. The molecule has 3 N–H and O–H groups in total. The molecule has 0 radical (unpaired) electrons. The number of nitrogens with one attached hydrogen (secondary N) is 1. The number of methoxy groups -OCH3 is 1. The van der Waals surface area contributed by atoms with Crippen molar-refractivity contribution in [3.8, 4) is 17.6 Å². The fourth-order valence-electron chi connectivity index (χ4n) is 2.46. The van der Waals surface area contributed by atoms with Gasteiger partial charge in [0.2, 0.25) is 0 Å². The van der Waals surface area contributed by atoms with Crippen LogP contribution in [0.3, 0.4) is 0 Å². The zero-order valence-electron chi connectivity index (χ0n) is 17.4. The van der Waals surface area contributed by atoms with Crippen LogP contribution in [0, 0.1) is 17.3 Å². The van der Waals surface area contributed by atoms with E-state index in [4.69, 9.17) is 24.7 Å². The molecule has 1 saturated heterocycles. The highest BCUT2D eigenvalue weighted by Gasteiger charge is 2.27. The molecule has 154 valence electrons. The van der Waals surface area contributed by atoms with Crippen LogP contribution in [0.25, 0.3) is 5.70 Å². The standard InChI is InChI=1S/C21H31N3O4/c1-15(2)28-18-9-16(7-6-8-25-5)10-24-20(18)17(22)11-23-12-19-26-13-21(3,4)14-27-19/h9-11,15,19,23H,8,12-14,22H2,1-5H3/b17-11-. The maximum Gasteiger partial charge on any atom is 0.174 e. The molecule has 0 saturated carbocycles. The van der Waals surface area contributed by atoms with Gasteiger partial charge in [-0.1, -0.05) is 25.7 Å². The summed E-state index contributed by atoms with van der Waals surface area (Å²) >= 11 is 0. The van der Waals surface area contributed by atoms with Gasteiger partial charge in [-0.25, -0.2) is 4.98 Å². The molecule has 1 aliphatic rings. The summed E-state index contributed by atoms with van der Waals surface area (Å²) < 4.78 is 22.2. The Balaban J connectivity index is 2.05. The predicted molar refractivity (Wildman–Crippen MR) is 108 cm³/mol. The second kappa shape index (κ2) is 10.3. The van der Waals surface area contributed by atoms with Gasteiger partial charge in [0.05, 0.1) is 31.6 Å². The molecule has 0 unspecified atom stereocenters. The van der Waals surface area contributed by atoms with Crippen molar-refractivity contribution in [2.24, 2.45) is 11.1 Å². The number of hydrogen-bond acceptors (Lipinski definition) is 7. The molecule has 0 bridgehead atoms. The van der Waals surface area contributed by atoms with Gasteiger partial charge in [0.25, 0.3) is 0 Å². The first-order valence-electron chi connectivity index (χ1n) is 9.38. The summed E-state index contributed by atoms with van der Waals surface area (Å²) in [4.78, 5) is 4.43. The lowest BCUT2D eigenvalue weighted by Crippen LogP contribution is -2.41. The van der Waals surface area contributed by atoms with E-state index in [0.29, 0.717) is 43.5 Å². The van der Waals surface area contributed by atoms with Crippen LogP contribution in [-0.2, 0) is 14.2 Å². The normalized spacial score (nSPS) is 17.1. The van der Waals surface area contributed by atoms with Gasteiger partial charge < -0.3 is 30.0 Å². The van der Waals surface area contributed by atoms with Gasteiger partial charge in [-0.3, -0.25) is 0 Å². The number of nitrogens with zero attached hydrogens (tertiary/aromatic N) is 1. The first kappa shape index (κ1) is 22.0. The average Bonchev–Trinajstić information content (AvgIpc) is 2.63. The second-order valence-electron chi connectivity index (χ2n) is 7.70. The monoisotopic (exact) mass is 389 g/mol. The van der Waals surface area contributed by atoms with Crippen LogP contribution in [0.4, 0.5) is 0 Å². The van der Waals surface area contributed by atoms with E-state index in [0.717, 1.165) is 5.56 Å². The lowest BCUT2D eigenvalue weighted by atomic mass is 9.96. The first-order valence-corrected chi connectivity index (χ1v) is 9.38. The molecule has 1 aromatic heterocycles. The van der Waals surface area contributed by atoms with Crippen molar-refractivity contribution >= 4 is 5.70 Å². The summed E-state index contributed by atoms with van der Waals surface area (Å²) in [6.45, 7) is 10.3. The van der Waals surface area contributed by atoms with Crippen LogP contribution in [0.1, 0.15) is 39.0 Å². The molecule has 1 fully saturated rings. The fourth-order valence-corrected chi connectivity index (χ4v) is 2.46. The number of hydrogen-bond donors (Lipinski definition) is 2. The van der Waals surface area contributed by atoms with Crippen LogP contribution in [-0.4, -0.2) is 50.9 Å². The maximum atomic E-state index is 6.22. The van der Waals surface area contributed by atoms with Gasteiger partial charge in [0, 0.05) is 30.5 Å². The fraction of sp³-hybridized carbons (Fsp3) is 0.571. The Kier molecular flexibility index (Phi) is 8.12. The summed E-state index contributed by atoms with van der Waals surface area (Å²) in [5.41, 5.74) is 8.03. The van der Waals surface area contributed by atoms with E-state index in [2.05, 4.69) is 36.0 Å². The number of rotatable bonds is 7. The topological polar surface area (TPSA) is 87.9 Å². The molecule has 1 aliphatic heterocycles. The molecular weight excluding hydrogens is 358 g/mol. The van der Waals surface area contributed by atoms with E-state index in [1.54, 1.807) is 19.5 Å². The van der Waals surface area contributed by atoms with Crippen molar-refractivity contribution in [1.29, 1.82) is 0 Å². The van der Waals surface area contributed by atoms with Crippen molar-refractivity contribution in [3.05, 3.63) is 29.7 Å². The quantitative estimate of drug-likeness (QED) is 0.691. The summed E-state index contributed by atoms with van der Waals surface area (Å²) in [5.74, 6) is 6.48. The van der Waals surface area contributed by atoms with Gasteiger partial charge in [0.15, 0.2) is 6.29 Å². The third-order valence-corrected chi connectivity index (χ3v) is 3.80. The Labute approximate surface area is 167 Å². The summed E-state index contributed by atoms with van der Waals surface area (Å²) in [7, 11) is 1.60. The summed E-state index contributed by atoms with van der Waals surface area (Å²) in [5, 5.41) is 3.14. The minimum atomic E-state index is -0.296. The number of pyridine rings is 1. The van der Waals surface area contributed by atoms with Crippen molar-refractivity contribution in [1.82, 2.24) is 10.3 Å². The SMILES string of the molecule is COCC#Cc1cnc(/C(N)=C/NCC2OCC(C)(C)CO2)c(OC(C)C)c1. The van der Waals surface area contributed by atoms with Gasteiger partial charge in [-0.15, -0.1) is 0 Å². The van der Waals surface area contributed by atoms with Crippen molar-refractivity contribution in [2.45, 2.75) is 40.1 Å². The highest BCUT2D eigenvalue weighted by atomic mass is 16.7. The molecule has 0 aliphatic carbocycles. The Morgan fingerprint density at radius 2 is 2.14 bits per heavy atom. The Hall–Kier alpha value is -2.27. The minimum absolute atomic E-state index is 0.0177. The molecule has 0 aromatic carbocycles. The van der Waals surface area contributed by atoms with Gasteiger partial charge >= 0.3 is 0 Å². The summed E-state index contributed by atoms with van der Waals surface area (Å²) in [6, 6.07) is 1.83. The Bertz CT molecular complexity index is 725. The Morgan fingerprint density at radius 1 is 1.43 bits per heavy atom. The largest absolute Gasteiger partial charge is 0.489 e. The predicted octanol–water partition coefficient (Wildman–Crippen LogP) is 2.11. The number of nitrogens with two attached hydrogens (primary N) is 1. The molecule has 2 heterocycles. The molecule has 7 heteroatoms. The molecule has 1 aromatic rings. The van der Waals surface area contributed by atoms with Crippen molar-refractivity contribution in [3.63, 3.8) is 0 Å². The van der Waals surface area contributed by atoms with Crippen molar-refractivity contribution in [2.75, 3.05) is 33.5 Å². The lowest BCUT2D eigenvalue weighted by Gasteiger charge is -2.34. The van der Waals surface area contributed by atoms with Crippen LogP contribution < -0.4 is 15.8 Å². The highest BCUT2D eigenvalue weighted by molar-refractivity contribution is 5.65. The average molecular weight is 389 g/mol.